The molecule has 7 nitrogen and oxygen atoms in total. The number of rotatable bonds is 4. The average molecular weight is 394 g/mol. The van der Waals surface area contributed by atoms with E-state index in [1.807, 2.05) is 6.07 Å². The van der Waals surface area contributed by atoms with Gasteiger partial charge in [-0.3, -0.25) is 9.69 Å². The minimum Gasteiger partial charge on any atom is -0.384 e. The molecule has 0 spiro atoms. The molecule has 0 radical (unpaired) electrons. The minimum absolute atomic E-state index is 0.00652. The first-order chi connectivity index (χ1) is 13.3. The van der Waals surface area contributed by atoms with Gasteiger partial charge < -0.3 is 16.0 Å². The lowest BCUT2D eigenvalue weighted by atomic mass is 10.1. The molecule has 28 heavy (non-hydrogen) atoms. The molecule has 1 aliphatic rings. The SMILES string of the molecule is CNC(=O)c1ccc(N2CCN(Cc3ccnc(N)c3)CC2)c(C(F)(F)F)n1. The van der Waals surface area contributed by atoms with Crippen LogP contribution < -0.4 is 16.0 Å². The van der Waals surface area contributed by atoms with Crippen molar-refractivity contribution < 1.29 is 18.0 Å². The largest absolute Gasteiger partial charge is 0.435 e. The van der Waals surface area contributed by atoms with Gasteiger partial charge >= 0.3 is 6.18 Å². The van der Waals surface area contributed by atoms with Gasteiger partial charge in [-0.2, -0.15) is 13.2 Å². The summed E-state index contributed by atoms with van der Waals surface area (Å²) >= 11 is 0. The number of nitrogens with one attached hydrogen (secondary N) is 1. The summed E-state index contributed by atoms with van der Waals surface area (Å²) in [7, 11) is 1.35. The van der Waals surface area contributed by atoms with Crippen molar-refractivity contribution in [2.75, 3.05) is 43.9 Å². The molecule has 10 heteroatoms. The predicted octanol–water partition coefficient (Wildman–Crippen LogP) is 1.76. The van der Waals surface area contributed by atoms with E-state index in [1.165, 1.54) is 19.2 Å². The van der Waals surface area contributed by atoms with Crippen molar-refractivity contribution in [1.29, 1.82) is 0 Å². The van der Waals surface area contributed by atoms with E-state index in [1.54, 1.807) is 17.2 Å². The second kappa shape index (κ2) is 8.01. The molecule has 3 N–H and O–H groups in total. The minimum atomic E-state index is -4.65. The fraction of sp³-hybridized carbons (Fsp3) is 0.389. The van der Waals surface area contributed by atoms with Crippen LogP contribution in [-0.4, -0.2) is 54.0 Å². The number of piperazine rings is 1. The van der Waals surface area contributed by atoms with Crippen LogP contribution in [0, 0.1) is 0 Å². The second-order valence-corrected chi connectivity index (χ2v) is 6.49. The number of carbonyl (C=O) groups excluding carboxylic acids is 1. The second-order valence-electron chi connectivity index (χ2n) is 6.49. The number of hydrogen-bond donors (Lipinski definition) is 2. The van der Waals surface area contributed by atoms with Gasteiger partial charge in [0, 0.05) is 46.0 Å². The summed E-state index contributed by atoms with van der Waals surface area (Å²) in [6.07, 6.45) is -3.01. The molecule has 0 saturated carbocycles. The Kier molecular flexibility index (Phi) is 5.68. The number of carbonyl (C=O) groups is 1. The summed E-state index contributed by atoms with van der Waals surface area (Å²) in [5, 5.41) is 2.29. The number of pyridine rings is 2. The third kappa shape index (κ3) is 4.50. The zero-order valence-electron chi connectivity index (χ0n) is 15.3. The fourth-order valence-corrected chi connectivity index (χ4v) is 3.17. The van der Waals surface area contributed by atoms with Gasteiger partial charge in [-0.1, -0.05) is 0 Å². The van der Waals surface area contributed by atoms with Crippen LogP contribution in [0.2, 0.25) is 0 Å². The van der Waals surface area contributed by atoms with Crippen LogP contribution in [0.3, 0.4) is 0 Å². The summed E-state index contributed by atoms with van der Waals surface area (Å²) in [5.74, 6) is -0.216. The molecule has 0 unspecified atom stereocenters. The lowest BCUT2D eigenvalue weighted by Gasteiger charge is -2.37. The van der Waals surface area contributed by atoms with Gasteiger partial charge in [-0.15, -0.1) is 0 Å². The van der Waals surface area contributed by atoms with Crippen molar-refractivity contribution in [3.63, 3.8) is 0 Å². The van der Waals surface area contributed by atoms with Crippen molar-refractivity contribution in [3.8, 4) is 0 Å². The summed E-state index contributed by atoms with van der Waals surface area (Å²) < 4.78 is 40.5. The third-order valence-corrected chi connectivity index (χ3v) is 4.57. The molecule has 0 atom stereocenters. The van der Waals surface area contributed by atoms with E-state index in [2.05, 4.69) is 20.2 Å². The van der Waals surface area contributed by atoms with E-state index < -0.39 is 17.8 Å². The van der Waals surface area contributed by atoms with Gasteiger partial charge in [0.25, 0.3) is 5.91 Å². The van der Waals surface area contributed by atoms with Gasteiger partial charge in [-0.25, -0.2) is 9.97 Å². The normalized spacial score (nSPS) is 15.5. The number of aromatic nitrogens is 2. The van der Waals surface area contributed by atoms with Crippen molar-refractivity contribution >= 4 is 17.4 Å². The maximum absolute atomic E-state index is 13.5. The predicted molar refractivity (Wildman–Crippen MR) is 98.8 cm³/mol. The Hall–Kier alpha value is -2.88. The van der Waals surface area contributed by atoms with Gasteiger partial charge in [0.05, 0.1) is 5.69 Å². The molecular weight excluding hydrogens is 373 g/mol. The average Bonchev–Trinajstić information content (AvgIpc) is 2.67. The van der Waals surface area contributed by atoms with Crippen molar-refractivity contribution in [2.45, 2.75) is 12.7 Å². The zero-order valence-corrected chi connectivity index (χ0v) is 15.3. The molecule has 1 saturated heterocycles. The highest BCUT2D eigenvalue weighted by molar-refractivity contribution is 5.92. The molecule has 3 rings (SSSR count). The van der Waals surface area contributed by atoms with Gasteiger partial charge in [0.1, 0.15) is 11.5 Å². The van der Waals surface area contributed by atoms with Crippen LogP contribution in [0.15, 0.2) is 30.5 Å². The molecular formula is C18H21F3N6O. The Morgan fingerprint density at radius 3 is 2.54 bits per heavy atom. The first-order valence-electron chi connectivity index (χ1n) is 8.76. The highest BCUT2D eigenvalue weighted by Crippen LogP contribution is 2.35. The number of halogens is 3. The Labute approximate surface area is 160 Å². The standard InChI is InChI=1S/C18H21F3N6O/c1-23-17(28)13-2-3-14(16(25-13)18(19,20)21)27-8-6-26(7-9-27)11-12-4-5-24-15(22)10-12/h2-5,10H,6-9,11H2,1H3,(H2,22,24)(H,23,28). The first kappa shape index (κ1) is 19.9. The van der Waals surface area contributed by atoms with Gasteiger partial charge in [-0.05, 0) is 29.8 Å². The zero-order chi connectivity index (χ0) is 20.3. The van der Waals surface area contributed by atoms with E-state index in [4.69, 9.17) is 5.73 Å². The first-order valence-corrected chi connectivity index (χ1v) is 8.76. The molecule has 0 aromatic carbocycles. The number of nitrogens with zero attached hydrogens (tertiary/aromatic N) is 4. The van der Waals surface area contributed by atoms with Crippen LogP contribution in [0.25, 0.3) is 0 Å². The van der Waals surface area contributed by atoms with Crippen molar-refractivity contribution in [3.05, 3.63) is 47.4 Å². The van der Waals surface area contributed by atoms with Gasteiger partial charge in [0.15, 0.2) is 5.69 Å². The van der Waals surface area contributed by atoms with Crippen LogP contribution >= 0.6 is 0 Å². The summed E-state index contributed by atoms with van der Waals surface area (Å²) in [6.45, 7) is 2.68. The topological polar surface area (TPSA) is 87.4 Å². The van der Waals surface area contributed by atoms with Crippen LogP contribution in [-0.2, 0) is 12.7 Å². The molecule has 0 bridgehead atoms. The summed E-state index contributed by atoms with van der Waals surface area (Å²) in [6, 6.07) is 6.29. The Morgan fingerprint density at radius 1 is 1.21 bits per heavy atom. The monoisotopic (exact) mass is 394 g/mol. The molecule has 2 aromatic rings. The highest BCUT2D eigenvalue weighted by Gasteiger charge is 2.38. The molecule has 1 aliphatic heterocycles. The van der Waals surface area contributed by atoms with E-state index in [-0.39, 0.29) is 11.4 Å². The molecule has 1 fully saturated rings. The molecule has 150 valence electrons. The lowest BCUT2D eigenvalue weighted by molar-refractivity contribution is -0.140. The molecule has 0 aliphatic carbocycles. The van der Waals surface area contributed by atoms with Crippen LogP contribution in [0.4, 0.5) is 24.7 Å². The number of nitrogen functional groups attached to an aromatic ring is 1. The quantitative estimate of drug-likeness (QED) is 0.822. The Balaban J connectivity index is 1.73. The van der Waals surface area contributed by atoms with Gasteiger partial charge in [0.2, 0.25) is 0 Å². The Morgan fingerprint density at radius 2 is 1.93 bits per heavy atom. The number of hydrogen-bond acceptors (Lipinski definition) is 6. The lowest BCUT2D eigenvalue weighted by Crippen LogP contribution is -2.46. The van der Waals surface area contributed by atoms with Crippen LogP contribution in [0.1, 0.15) is 21.7 Å². The van der Waals surface area contributed by atoms with E-state index in [0.717, 1.165) is 5.56 Å². The van der Waals surface area contributed by atoms with E-state index >= 15 is 0 Å². The number of nitrogens with two attached hydrogens (primary N) is 1. The van der Waals surface area contributed by atoms with E-state index in [9.17, 15) is 18.0 Å². The highest BCUT2D eigenvalue weighted by atomic mass is 19.4. The Bertz CT molecular complexity index is 849. The third-order valence-electron chi connectivity index (χ3n) is 4.57. The van der Waals surface area contributed by atoms with Crippen molar-refractivity contribution in [2.24, 2.45) is 0 Å². The summed E-state index contributed by atoms with van der Waals surface area (Å²) in [5.41, 5.74) is 5.39. The maximum atomic E-state index is 13.5. The molecule has 3 heterocycles. The summed E-state index contributed by atoms with van der Waals surface area (Å²) in [4.78, 5) is 23.0. The fourth-order valence-electron chi connectivity index (χ4n) is 3.17. The number of alkyl halides is 3. The molecule has 1 amide bonds. The van der Waals surface area contributed by atoms with Crippen molar-refractivity contribution in [1.82, 2.24) is 20.2 Å². The molecule has 2 aromatic heterocycles. The number of amides is 1. The smallest absolute Gasteiger partial charge is 0.384 e. The maximum Gasteiger partial charge on any atom is 0.435 e. The number of anilines is 2. The van der Waals surface area contributed by atoms with E-state index in [0.29, 0.717) is 38.5 Å². The van der Waals surface area contributed by atoms with Crippen LogP contribution in [0.5, 0.6) is 0 Å².